The summed E-state index contributed by atoms with van der Waals surface area (Å²) >= 11 is 10.1. The maximum atomic E-state index is 13.2. The van der Waals surface area contributed by atoms with Crippen LogP contribution >= 0.6 is 47.8 Å². The van der Waals surface area contributed by atoms with Gasteiger partial charge in [-0.05, 0) is 165 Å². The lowest BCUT2D eigenvalue weighted by Gasteiger charge is -2.26. The molecule has 24 heteroatoms. The predicted octanol–water partition coefficient (Wildman–Crippen LogP) is 13.2. The molecule has 90 heavy (non-hydrogen) atoms. The summed E-state index contributed by atoms with van der Waals surface area (Å²) < 4.78 is 79.7. The molecule has 0 amide bonds. The highest BCUT2D eigenvalue weighted by atomic mass is 79.9. The first kappa shape index (κ1) is 67.6. The first-order valence-electron chi connectivity index (χ1n) is 30.4. The van der Waals surface area contributed by atoms with Gasteiger partial charge in [-0.25, -0.2) is 31.8 Å². The van der Waals surface area contributed by atoms with Crippen LogP contribution in [0.1, 0.15) is 118 Å². The van der Waals surface area contributed by atoms with E-state index in [-0.39, 0.29) is 30.5 Å². The molecule has 0 spiro atoms. The molecule has 2 atom stereocenters. The Balaban J connectivity index is 0.000000149. The molecule has 18 nitrogen and oxygen atoms in total. The van der Waals surface area contributed by atoms with E-state index >= 15 is 0 Å². The van der Waals surface area contributed by atoms with Crippen molar-refractivity contribution in [3.8, 4) is 0 Å². The van der Waals surface area contributed by atoms with E-state index in [4.69, 9.17) is 29.2 Å². The molecule has 6 aromatic heterocycles. The molecular formula is C66H80Br3N9O9S3+2. The van der Waals surface area contributed by atoms with E-state index in [1.165, 1.54) is 30.9 Å². The van der Waals surface area contributed by atoms with Gasteiger partial charge < -0.3 is 27.9 Å². The molecule has 0 aliphatic carbocycles. The monoisotopic (exact) mass is 1480 g/mol. The van der Waals surface area contributed by atoms with Crippen LogP contribution in [-0.2, 0) is 81.5 Å². The van der Waals surface area contributed by atoms with Gasteiger partial charge in [-0.3, -0.25) is 15.4 Å². The van der Waals surface area contributed by atoms with Crippen molar-refractivity contribution in [2.75, 3.05) is 39.6 Å². The molecule has 3 saturated heterocycles. The Bertz CT molecular complexity index is 4230. The number of benzene rings is 3. The van der Waals surface area contributed by atoms with Crippen LogP contribution in [0.25, 0.3) is 33.1 Å². The summed E-state index contributed by atoms with van der Waals surface area (Å²) in [5.74, 6) is 4.77. The average Bonchev–Trinajstić information content (AvgIpc) is 1.59. The van der Waals surface area contributed by atoms with Crippen LogP contribution in [0.5, 0.6) is 0 Å². The quantitative estimate of drug-likeness (QED) is 0.0862. The lowest BCUT2D eigenvalue weighted by atomic mass is 9.94. The van der Waals surface area contributed by atoms with Gasteiger partial charge in [-0.1, -0.05) is 62.3 Å². The molecule has 3 fully saturated rings. The van der Waals surface area contributed by atoms with Crippen LogP contribution in [0.4, 0.5) is 0 Å². The molecule has 0 radical (unpaired) electrons. The zero-order valence-electron chi connectivity index (χ0n) is 52.4. The summed E-state index contributed by atoms with van der Waals surface area (Å²) in [5, 5.41) is 19.1. The number of halogens is 3. The Morgan fingerprint density at radius 2 is 0.900 bits per heavy atom. The zero-order chi connectivity index (χ0) is 64.5. The van der Waals surface area contributed by atoms with E-state index in [1.807, 2.05) is 36.4 Å². The molecule has 9 aromatic rings. The van der Waals surface area contributed by atoms with Gasteiger partial charge in [0.25, 0.3) is 0 Å². The number of rotatable bonds is 12. The Kier molecular flexibility index (Phi) is 21.1. The zero-order valence-corrected chi connectivity index (χ0v) is 59.6. The Hall–Kier alpha value is -5.31. The SMILES string of the molecule is CC(C)(C)c1nc2cc(S(=O)(=O)c3cc[n+](O)cc3Br)ccc2n1CC1CCOCC1.CC(C)(C)c1nc2cc(S(=O)c3cc[n+](O)cc3Br)ccc2n1CC1CCOCC1.CC(C)(C)c1nc2cc(S(=O)c3ccncc3Br)ccc2n1CC1CCOCC1. The second kappa shape index (κ2) is 28.1. The third kappa shape index (κ3) is 15.5. The Labute approximate surface area is 557 Å². The number of aromatic nitrogens is 9. The molecule has 3 aliphatic rings. The van der Waals surface area contributed by atoms with Crippen molar-refractivity contribution in [2.45, 2.75) is 166 Å². The third-order valence-corrected chi connectivity index (χ3v) is 23.8. The van der Waals surface area contributed by atoms with Crippen LogP contribution in [0.3, 0.4) is 0 Å². The van der Waals surface area contributed by atoms with Crippen molar-refractivity contribution in [1.82, 2.24) is 33.6 Å². The van der Waals surface area contributed by atoms with Gasteiger partial charge in [-0.2, -0.15) is 0 Å². The molecule has 3 aromatic carbocycles. The first-order valence-corrected chi connectivity index (χ1v) is 36.6. The number of hydrogen-bond donors (Lipinski definition) is 2. The topological polar surface area (TPSA) is 211 Å². The van der Waals surface area contributed by atoms with Crippen molar-refractivity contribution in [2.24, 2.45) is 17.8 Å². The Morgan fingerprint density at radius 1 is 0.522 bits per heavy atom. The van der Waals surface area contributed by atoms with Gasteiger partial charge >= 0.3 is 0 Å². The van der Waals surface area contributed by atoms with E-state index in [0.29, 0.717) is 37.5 Å². The summed E-state index contributed by atoms with van der Waals surface area (Å²) in [6.07, 6.45) is 15.2. The smallest absolute Gasteiger partial charge is 0.237 e. The summed E-state index contributed by atoms with van der Waals surface area (Å²) in [6.45, 7) is 27.1. The van der Waals surface area contributed by atoms with Gasteiger partial charge in [0.1, 0.15) is 26.4 Å². The second-order valence-electron chi connectivity index (χ2n) is 26.4. The van der Waals surface area contributed by atoms with Crippen molar-refractivity contribution in [1.29, 1.82) is 0 Å². The van der Waals surface area contributed by atoms with Gasteiger partial charge in [0.2, 0.25) is 34.6 Å². The minimum atomic E-state index is -3.78. The van der Waals surface area contributed by atoms with Crippen LogP contribution in [-0.4, -0.2) is 101 Å². The summed E-state index contributed by atoms with van der Waals surface area (Å²) in [6, 6.07) is 21.8. The second-order valence-corrected chi connectivity index (χ2v) is 33.8. The van der Waals surface area contributed by atoms with Gasteiger partial charge in [0.15, 0.2) is 0 Å². The fraction of sp³-hybridized carbons (Fsp3) is 0.455. The number of nitrogens with zero attached hydrogens (tertiary/aromatic N) is 9. The molecule has 0 bridgehead atoms. The average molecular weight is 1480 g/mol. The largest absolute Gasteiger partial charge is 0.381 e. The van der Waals surface area contributed by atoms with E-state index in [9.17, 15) is 27.3 Å². The van der Waals surface area contributed by atoms with Crippen molar-refractivity contribution < 1.29 is 50.9 Å². The highest BCUT2D eigenvalue weighted by Gasteiger charge is 2.31. The Morgan fingerprint density at radius 3 is 1.29 bits per heavy atom. The minimum absolute atomic E-state index is 0.0718. The number of fused-ring (bicyclic) bond motifs is 3. The molecule has 9 heterocycles. The summed E-state index contributed by atoms with van der Waals surface area (Å²) in [5.41, 5.74) is 5.21. The maximum absolute atomic E-state index is 13.2. The molecule has 2 N–H and O–H groups in total. The van der Waals surface area contributed by atoms with E-state index < -0.39 is 31.4 Å². The van der Waals surface area contributed by atoms with E-state index in [0.717, 1.165) is 167 Å². The van der Waals surface area contributed by atoms with Crippen molar-refractivity contribution in [3.63, 3.8) is 0 Å². The highest BCUT2D eigenvalue weighted by Crippen LogP contribution is 2.37. The predicted molar refractivity (Wildman–Crippen MR) is 356 cm³/mol. The number of ether oxygens (including phenoxy) is 3. The van der Waals surface area contributed by atoms with Crippen LogP contribution in [0.15, 0.2) is 153 Å². The van der Waals surface area contributed by atoms with Crippen LogP contribution in [0, 0.1) is 17.8 Å². The number of hydrogen-bond acceptors (Lipinski definition) is 13. The number of pyridine rings is 3. The molecular weight excluding hydrogens is 1400 g/mol. The molecule has 2 unspecified atom stereocenters. The van der Waals surface area contributed by atoms with Crippen LogP contribution in [0.2, 0.25) is 0 Å². The lowest BCUT2D eigenvalue weighted by Crippen LogP contribution is -2.29. The number of imidazole rings is 3. The number of sulfone groups is 1. The fourth-order valence-corrected chi connectivity index (χ4v) is 17.6. The standard InChI is InChI=1S/C22H27BrN3O4S.C22H27BrN3O3S.C22H26BrN3O2S/c1-22(2,3)21-24-18-12-16(31(28,29)20-6-9-25(27)14-17(20)23)4-5-19(18)26(21)13-15-7-10-30-11-8-15;1-22(2,3)21-24-18-12-16(30(28)20-6-9-25(27)14-17(20)23)4-5-19(18)26(21)13-15-7-10-29-11-8-15;1-22(2,3)21-25-18-12-16(29(27)20-6-9-24-13-17(20)23)4-5-19(18)26(21)14-15-7-10-28-11-8-15/h4-6,9,12,14-15,27H,7-8,10-11,13H2,1-3H3;4-6,9,12,14-15,27H,7-8,10-11,13H2,1-3H3;4-6,9,12-13,15H,7-8,10-11,14H2,1-3H3/q2*+1;. The third-order valence-electron chi connectivity index (χ3n) is 16.4. The summed E-state index contributed by atoms with van der Waals surface area (Å²) in [4.78, 5) is 21.9. The first-order chi connectivity index (χ1) is 42.6. The molecule has 480 valence electrons. The molecule has 0 saturated carbocycles. The highest BCUT2D eigenvalue weighted by molar-refractivity contribution is 9.11. The van der Waals surface area contributed by atoms with Gasteiger partial charge in [-0.15, -0.1) is 0 Å². The van der Waals surface area contributed by atoms with E-state index in [2.05, 4.69) is 135 Å². The minimum Gasteiger partial charge on any atom is -0.381 e. The van der Waals surface area contributed by atoms with Crippen molar-refractivity contribution >= 4 is 112 Å². The van der Waals surface area contributed by atoms with E-state index in [1.54, 1.807) is 36.7 Å². The summed E-state index contributed by atoms with van der Waals surface area (Å²) in [7, 11) is -6.46. The van der Waals surface area contributed by atoms with Crippen LogP contribution < -0.4 is 9.46 Å². The fourth-order valence-electron chi connectivity index (χ4n) is 11.7. The molecule has 3 aliphatic heterocycles. The lowest BCUT2D eigenvalue weighted by molar-refractivity contribution is -0.905. The molecule has 12 rings (SSSR count). The van der Waals surface area contributed by atoms with Gasteiger partial charge in [0, 0.05) is 119 Å². The van der Waals surface area contributed by atoms with Crippen molar-refractivity contribution in [3.05, 3.63) is 141 Å². The maximum Gasteiger partial charge on any atom is 0.237 e. The van der Waals surface area contributed by atoms with Gasteiger partial charge in [0.05, 0.1) is 78.8 Å². The normalized spacial score (nSPS) is 16.6.